The first kappa shape index (κ1) is 21.7. The summed E-state index contributed by atoms with van der Waals surface area (Å²) in [6.45, 7) is 2.60. The Morgan fingerprint density at radius 2 is 1.92 bits per heavy atom. The Balaban J connectivity index is 1.14. The van der Waals surface area contributed by atoms with Crippen molar-refractivity contribution in [3.8, 4) is 5.75 Å². The van der Waals surface area contributed by atoms with E-state index in [0.717, 1.165) is 45.7 Å². The molecule has 3 aliphatic rings. The molecule has 7 rings (SSSR count). The summed E-state index contributed by atoms with van der Waals surface area (Å²) >= 11 is 0. The second-order valence-electron chi connectivity index (χ2n) is 9.90. The lowest BCUT2D eigenvalue weighted by Crippen LogP contribution is -2.35. The second kappa shape index (κ2) is 7.96. The number of pyridine rings is 1. The van der Waals surface area contributed by atoms with Crippen LogP contribution in [0.2, 0.25) is 0 Å². The lowest BCUT2D eigenvalue weighted by molar-refractivity contribution is -0.120. The number of nitrogens with zero attached hydrogens (tertiary/aromatic N) is 3. The summed E-state index contributed by atoms with van der Waals surface area (Å²) in [6, 6.07) is 15.4. The van der Waals surface area contributed by atoms with E-state index in [4.69, 9.17) is 4.74 Å². The minimum absolute atomic E-state index is 0.000724. The van der Waals surface area contributed by atoms with Crippen LogP contribution in [0.1, 0.15) is 43.9 Å². The van der Waals surface area contributed by atoms with Crippen molar-refractivity contribution >= 4 is 29.0 Å². The number of carbonyl (C=O) groups is 2. The molecule has 0 radical (unpaired) electrons. The van der Waals surface area contributed by atoms with Crippen molar-refractivity contribution in [3.63, 3.8) is 0 Å². The lowest BCUT2D eigenvalue weighted by atomic mass is 9.79. The van der Waals surface area contributed by atoms with Gasteiger partial charge in [0.1, 0.15) is 29.4 Å². The Hall–Kier alpha value is -4.59. The summed E-state index contributed by atoms with van der Waals surface area (Å²) in [7, 11) is 0. The van der Waals surface area contributed by atoms with Crippen LogP contribution >= 0.6 is 0 Å². The third-order valence-corrected chi connectivity index (χ3v) is 7.58. The van der Waals surface area contributed by atoms with E-state index in [1.807, 2.05) is 37.3 Å². The van der Waals surface area contributed by atoms with E-state index < -0.39 is 5.41 Å². The minimum atomic E-state index is -0.613. The van der Waals surface area contributed by atoms with Crippen LogP contribution in [0.15, 0.2) is 61.1 Å². The number of hydrogen-bond donors (Lipinski definition) is 2. The number of anilines is 3. The van der Waals surface area contributed by atoms with Gasteiger partial charge in [-0.3, -0.25) is 9.59 Å². The molecule has 1 spiro atoms. The number of aryl methyl sites for hydroxylation is 1. The molecule has 2 aliphatic heterocycles. The first-order valence-electron chi connectivity index (χ1n) is 12.3. The van der Waals surface area contributed by atoms with Crippen molar-refractivity contribution in [1.29, 1.82) is 0 Å². The van der Waals surface area contributed by atoms with Gasteiger partial charge in [-0.15, -0.1) is 0 Å². The topological polar surface area (TPSA) is 106 Å². The van der Waals surface area contributed by atoms with Gasteiger partial charge in [0.25, 0.3) is 0 Å². The van der Waals surface area contributed by atoms with Crippen LogP contribution in [0.4, 0.5) is 17.3 Å². The van der Waals surface area contributed by atoms with E-state index in [9.17, 15) is 9.59 Å². The Bertz CT molecular complexity index is 1630. The highest BCUT2D eigenvalue weighted by atomic mass is 16.5. The molecule has 182 valence electrons. The number of ether oxygens (including phenoxy) is 1. The molecule has 0 saturated carbocycles. The maximum Gasteiger partial charge on any atom is 0.237 e. The molecule has 2 N–H and O–H groups in total. The zero-order valence-corrected chi connectivity index (χ0v) is 20.2. The molecule has 37 heavy (non-hydrogen) atoms. The number of carbonyl (C=O) groups excluding carboxylic acids is 2. The largest absolute Gasteiger partial charge is 0.493 e. The molecule has 8 heteroatoms. The van der Waals surface area contributed by atoms with Crippen LogP contribution in [0.3, 0.4) is 0 Å². The van der Waals surface area contributed by atoms with Gasteiger partial charge in [-0.05, 0) is 72.4 Å². The van der Waals surface area contributed by atoms with E-state index in [2.05, 4.69) is 37.7 Å². The van der Waals surface area contributed by atoms with Gasteiger partial charge in [-0.2, -0.15) is 0 Å². The quantitative estimate of drug-likeness (QED) is 0.416. The van der Waals surface area contributed by atoms with Gasteiger partial charge in [0.2, 0.25) is 11.7 Å². The van der Waals surface area contributed by atoms with Gasteiger partial charge in [0.15, 0.2) is 0 Å². The fourth-order valence-corrected chi connectivity index (χ4v) is 5.82. The van der Waals surface area contributed by atoms with Crippen LogP contribution < -0.4 is 15.4 Å². The minimum Gasteiger partial charge on any atom is -0.493 e. The Labute approximate surface area is 213 Å². The maximum absolute atomic E-state index is 13.2. The molecule has 1 aliphatic carbocycles. The average Bonchev–Trinajstić information content (AvgIpc) is 3.60. The van der Waals surface area contributed by atoms with Gasteiger partial charge < -0.3 is 15.4 Å². The van der Waals surface area contributed by atoms with Gasteiger partial charge in [0.05, 0.1) is 12.0 Å². The molecule has 0 fully saturated rings. The van der Waals surface area contributed by atoms with Crippen molar-refractivity contribution in [1.82, 2.24) is 15.0 Å². The zero-order valence-electron chi connectivity index (χ0n) is 20.2. The second-order valence-corrected chi connectivity index (χ2v) is 9.90. The maximum atomic E-state index is 13.2. The number of hydrogen-bond acceptors (Lipinski definition) is 7. The summed E-state index contributed by atoms with van der Waals surface area (Å²) in [4.78, 5) is 39.1. The summed E-state index contributed by atoms with van der Waals surface area (Å²) in [5.41, 5.74) is 6.36. The third-order valence-electron chi connectivity index (χ3n) is 7.58. The van der Waals surface area contributed by atoms with E-state index in [-0.39, 0.29) is 11.7 Å². The van der Waals surface area contributed by atoms with Crippen LogP contribution in [0.25, 0.3) is 0 Å². The average molecular weight is 490 g/mol. The molecule has 8 nitrogen and oxygen atoms in total. The molecule has 4 aromatic rings. The number of nitrogens with one attached hydrogen (secondary N) is 2. The van der Waals surface area contributed by atoms with Gasteiger partial charge in [-0.1, -0.05) is 12.1 Å². The predicted octanol–water partition coefficient (Wildman–Crippen LogP) is 4.08. The Morgan fingerprint density at radius 1 is 1.03 bits per heavy atom. The van der Waals surface area contributed by atoms with Gasteiger partial charge in [0, 0.05) is 35.5 Å². The predicted molar refractivity (Wildman–Crippen MR) is 138 cm³/mol. The van der Waals surface area contributed by atoms with Gasteiger partial charge >= 0.3 is 0 Å². The van der Waals surface area contributed by atoms with Gasteiger partial charge in [-0.25, -0.2) is 15.0 Å². The summed E-state index contributed by atoms with van der Waals surface area (Å²) in [6.07, 6.45) is 5.15. The molecule has 0 bridgehead atoms. The van der Waals surface area contributed by atoms with Crippen LogP contribution in [0.5, 0.6) is 5.75 Å². The summed E-state index contributed by atoms with van der Waals surface area (Å²) in [5.74, 6) is 1.91. The van der Waals surface area contributed by atoms with Crippen molar-refractivity contribution < 1.29 is 14.3 Å². The SMILES string of the molecule is Cc1cc(C(=O)c2cc(Nc3ccc4c(c3)CC3(C4)C(=O)Nc4ncccc43)ncn2)cc2c1OCC2. The first-order chi connectivity index (χ1) is 18.0. The first-order valence-corrected chi connectivity index (χ1v) is 12.3. The van der Waals surface area contributed by atoms with Crippen molar-refractivity contribution in [2.45, 2.75) is 31.6 Å². The van der Waals surface area contributed by atoms with Crippen LogP contribution in [-0.4, -0.2) is 33.2 Å². The lowest BCUT2D eigenvalue weighted by Gasteiger charge is -2.20. The molecule has 1 amide bonds. The van der Waals surface area contributed by atoms with E-state index >= 15 is 0 Å². The normalized spacial score (nSPS) is 18.7. The van der Waals surface area contributed by atoms with Crippen molar-refractivity contribution in [2.24, 2.45) is 0 Å². The summed E-state index contributed by atoms with van der Waals surface area (Å²) in [5, 5.41) is 6.25. The molecular formula is C29H23N5O3. The Kier molecular flexibility index (Phi) is 4.66. The summed E-state index contributed by atoms with van der Waals surface area (Å²) < 4.78 is 5.67. The van der Waals surface area contributed by atoms with Crippen molar-refractivity contribution in [2.75, 3.05) is 17.2 Å². The number of rotatable bonds is 4. The fraction of sp³-hybridized carbons (Fsp3) is 0.207. The van der Waals surface area contributed by atoms with Crippen LogP contribution in [0, 0.1) is 6.92 Å². The molecule has 2 aromatic heterocycles. The van der Waals surface area contributed by atoms with E-state index in [1.54, 1.807) is 12.3 Å². The highest BCUT2D eigenvalue weighted by molar-refractivity contribution is 6.08. The number of aromatic nitrogens is 3. The smallest absolute Gasteiger partial charge is 0.237 e. The molecular weight excluding hydrogens is 466 g/mol. The molecule has 0 saturated heterocycles. The number of fused-ring (bicyclic) bond motifs is 4. The molecule has 1 unspecified atom stereocenters. The fourth-order valence-electron chi connectivity index (χ4n) is 5.82. The van der Waals surface area contributed by atoms with Crippen molar-refractivity contribution in [3.05, 3.63) is 100 Å². The molecule has 2 aromatic carbocycles. The zero-order chi connectivity index (χ0) is 25.1. The molecule has 1 atom stereocenters. The third kappa shape index (κ3) is 3.40. The highest BCUT2D eigenvalue weighted by Gasteiger charge is 2.51. The standard InChI is InChI=1S/C29H23N5O3/c1-16-9-19(10-17-6-8-37-26(16)17)25(35)23-12-24(32-15-31-23)33-21-5-4-18-13-29(14-20(18)11-21)22-3-2-7-30-27(22)34-28(29)36/h2-5,7,9-12,15H,6,8,13-14H2,1H3,(H,30,34,36)(H,31,32,33). The highest BCUT2D eigenvalue weighted by Crippen LogP contribution is 2.47. The van der Waals surface area contributed by atoms with Crippen LogP contribution in [-0.2, 0) is 29.5 Å². The monoisotopic (exact) mass is 489 g/mol. The van der Waals surface area contributed by atoms with E-state index in [0.29, 0.717) is 42.3 Å². The number of benzene rings is 2. The number of ketones is 1. The van der Waals surface area contributed by atoms with E-state index in [1.165, 1.54) is 6.33 Å². The Morgan fingerprint density at radius 3 is 2.84 bits per heavy atom. The number of amides is 1. The molecule has 4 heterocycles.